The van der Waals surface area contributed by atoms with Gasteiger partial charge in [-0.2, -0.15) is 13.2 Å². The second-order valence-corrected chi connectivity index (χ2v) is 5.94. The molecule has 1 aromatic carbocycles. The van der Waals surface area contributed by atoms with E-state index in [0.717, 1.165) is 0 Å². The highest BCUT2D eigenvalue weighted by molar-refractivity contribution is 7.89. The van der Waals surface area contributed by atoms with Crippen LogP contribution in [-0.2, 0) is 16.4 Å². The lowest BCUT2D eigenvalue weighted by Crippen LogP contribution is -2.22. The maximum Gasteiger partial charge on any atom is 0.393 e. The van der Waals surface area contributed by atoms with Gasteiger partial charge in [0, 0.05) is 5.56 Å². The van der Waals surface area contributed by atoms with Crippen LogP contribution in [0.1, 0.15) is 23.3 Å². The number of rotatable bonds is 4. The fourth-order valence-corrected chi connectivity index (χ4v) is 2.30. The van der Waals surface area contributed by atoms with Gasteiger partial charge in [0.2, 0.25) is 10.0 Å². The van der Waals surface area contributed by atoms with Crippen molar-refractivity contribution >= 4 is 10.0 Å². The molecule has 0 radical (unpaired) electrons. The first-order valence-corrected chi connectivity index (χ1v) is 6.91. The Bertz CT molecular complexity index is 555. The molecule has 0 fully saturated rings. The number of nitrogens with two attached hydrogens (primary N) is 1. The molecule has 19 heavy (non-hydrogen) atoms. The van der Waals surface area contributed by atoms with Gasteiger partial charge in [-0.15, -0.1) is 0 Å². The highest BCUT2D eigenvalue weighted by Gasteiger charge is 2.33. The van der Waals surface area contributed by atoms with Crippen LogP contribution in [0.25, 0.3) is 0 Å². The summed E-state index contributed by atoms with van der Waals surface area (Å²) in [5.74, 6) is -0.00896. The standard InChI is InChI=1S/C11H14F3NO3S/c1-7(19(15,16)17)8-4-3-5-10(18-2)9(8)6-11(12,13)14/h3-5,7H,6H2,1-2H3,(H2,15,16,17). The Balaban J connectivity index is 3.39. The fraction of sp³-hybridized carbons (Fsp3) is 0.455. The van der Waals surface area contributed by atoms with Crippen molar-refractivity contribution in [2.45, 2.75) is 24.8 Å². The minimum atomic E-state index is -4.47. The zero-order valence-electron chi connectivity index (χ0n) is 10.4. The van der Waals surface area contributed by atoms with E-state index in [0.29, 0.717) is 0 Å². The molecule has 1 unspecified atom stereocenters. The SMILES string of the molecule is COc1cccc(C(C)S(N)(=O)=O)c1CC(F)(F)F. The number of alkyl halides is 3. The summed E-state index contributed by atoms with van der Waals surface area (Å²) in [5, 5.41) is 3.75. The molecule has 0 saturated heterocycles. The summed E-state index contributed by atoms with van der Waals surface area (Å²) in [6, 6.07) is 4.08. The molecule has 1 atom stereocenters. The molecule has 108 valence electrons. The predicted octanol–water partition coefficient (Wildman–Crippen LogP) is 2.15. The van der Waals surface area contributed by atoms with Crippen molar-refractivity contribution in [3.05, 3.63) is 29.3 Å². The summed E-state index contributed by atoms with van der Waals surface area (Å²) in [6.07, 6.45) is -5.74. The van der Waals surface area contributed by atoms with E-state index >= 15 is 0 Å². The third-order valence-electron chi connectivity index (χ3n) is 2.70. The highest BCUT2D eigenvalue weighted by Crippen LogP contribution is 2.34. The van der Waals surface area contributed by atoms with Crippen LogP contribution in [0.2, 0.25) is 0 Å². The zero-order chi connectivity index (χ0) is 14.8. The molecule has 0 amide bonds. The van der Waals surface area contributed by atoms with E-state index in [-0.39, 0.29) is 16.9 Å². The van der Waals surface area contributed by atoms with Gasteiger partial charge < -0.3 is 4.74 Å². The Morgan fingerprint density at radius 3 is 2.37 bits per heavy atom. The second-order valence-electron chi connectivity index (χ2n) is 4.05. The monoisotopic (exact) mass is 297 g/mol. The van der Waals surface area contributed by atoms with Gasteiger partial charge >= 0.3 is 6.18 Å². The quantitative estimate of drug-likeness (QED) is 0.925. The summed E-state index contributed by atoms with van der Waals surface area (Å²) in [7, 11) is -2.76. The van der Waals surface area contributed by atoms with Crippen molar-refractivity contribution in [1.29, 1.82) is 0 Å². The molecule has 8 heteroatoms. The third kappa shape index (κ3) is 4.10. The Hall–Kier alpha value is -1.28. The summed E-state index contributed by atoms with van der Waals surface area (Å²) < 4.78 is 65.2. The summed E-state index contributed by atoms with van der Waals surface area (Å²) >= 11 is 0. The van der Waals surface area contributed by atoms with E-state index in [1.807, 2.05) is 0 Å². The fourth-order valence-electron chi connectivity index (χ4n) is 1.72. The van der Waals surface area contributed by atoms with Gasteiger partial charge in [0.05, 0.1) is 18.8 Å². The normalized spacial score (nSPS) is 14.2. The molecule has 1 aromatic rings. The maximum absolute atomic E-state index is 12.6. The predicted molar refractivity (Wildman–Crippen MR) is 64.3 cm³/mol. The average Bonchev–Trinajstić information content (AvgIpc) is 2.25. The molecule has 2 N–H and O–H groups in total. The number of primary sulfonamides is 1. The third-order valence-corrected chi connectivity index (χ3v) is 3.94. The number of hydrogen-bond acceptors (Lipinski definition) is 3. The van der Waals surface area contributed by atoms with Gasteiger partial charge in [0.25, 0.3) is 0 Å². The molecule has 0 aliphatic heterocycles. The average molecular weight is 297 g/mol. The maximum atomic E-state index is 12.6. The molecule has 0 aromatic heterocycles. The molecule has 1 rings (SSSR count). The van der Waals surface area contributed by atoms with Gasteiger partial charge in [0.15, 0.2) is 0 Å². The van der Waals surface area contributed by atoms with E-state index in [1.165, 1.54) is 32.2 Å². The van der Waals surface area contributed by atoms with E-state index < -0.39 is 27.9 Å². The molecule has 4 nitrogen and oxygen atoms in total. The lowest BCUT2D eigenvalue weighted by Gasteiger charge is -2.18. The number of benzene rings is 1. The lowest BCUT2D eigenvalue weighted by atomic mass is 10.0. The van der Waals surface area contributed by atoms with Crippen molar-refractivity contribution in [2.75, 3.05) is 7.11 Å². The largest absolute Gasteiger partial charge is 0.496 e. The first-order valence-electron chi connectivity index (χ1n) is 5.30. The van der Waals surface area contributed by atoms with E-state index in [9.17, 15) is 21.6 Å². The van der Waals surface area contributed by atoms with E-state index in [1.54, 1.807) is 0 Å². The Labute approximate surface area is 109 Å². The van der Waals surface area contributed by atoms with Gasteiger partial charge in [0.1, 0.15) is 5.75 Å². The molecule has 0 bridgehead atoms. The number of hydrogen-bond donors (Lipinski definition) is 1. The Morgan fingerprint density at radius 1 is 1.37 bits per heavy atom. The minimum Gasteiger partial charge on any atom is -0.496 e. The lowest BCUT2D eigenvalue weighted by molar-refractivity contribution is -0.127. The number of halogens is 3. The molecule has 0 spiro atoms. The van der Waals surface area contributed by atoms with Gasteiger partial charge in [-0.3, -0.25) is 0 Å². The van der Waals surface area contributed by atoms with Crippen molar-refractivity contribution in [3.8, 4) is 5.75 Å². The molecule has 0 saturated carbocycles. The van der Waals surface area contributed by atoms with Crippen LogP contribution in [0, 0.1) is 0 Å². The molecule has 0 aliphatic carbocycles. The van der Waals surface area contributed by atoms with Crippen LogP contribution < -0.4 is 9.88 Å². The Kier molecular flexibility index (Phi) is 4.46. The van der Waals surface area contributed by atoms with Crippen LogP contribution in [-0.4, -0.2) is 21.7 Å². The summed E-state index contributed by atoms with van der Waals surface area (Å²) in [4.78, 5) is 0. The van der Waals surface area contributed by atoms with Crippen LogP contribution >= 0.6 is 0 Å². The Morgan fingerprint density at radius 2 is 1.95 bits per heavy atom. The van der Waals surface area contributed by atoms with Crippen molar-refractivity contribution < 1.29 is 26.3 Å². The van der Waals surface area contributed by atoms with Gasteiger partial charge in [-0.1, -0.05) is 12.1 Å². The number of methoxy groups -OCH3 is 1. The van der Waals surface area contributed by atoms with Gasteiger partial charge in [-0.25, -0.2) is 13.6 Å². The molecular formula is C11H14F3NO3S. The van der Waals surface area contributed by atoms with Crippen molar-refractivity contribution in [1.82, 2.24) is 0 Å². The highest BCUT2D eigenvalue weighted by atomic mass is 32.2. The molecule has 0 aliphatic rings. The molecular weight excluding hydrogens is 283 g/mol. The van der Waals surface area contributed by atoms with Crippen LogP contribution in [0.4, 0.5) is 13.2 Å². The smallest absolute Gasteiger partial charge is 0.393 e. The molecule has 0 heterocycles. The van der Waals surface area contributed by atoms with Crippen LogP contribution in [0.3, 0.4) is 0 Å². The zero-order valence-corrected chi connectivity index (χ0v) is 11.2. The van der Waals surface area contributed by atoms with E-state index in [2.05, 4.69) is 0 Å². The topological polar surface area (TPSA) is 69.4 Å². The first kappa shape index (κ1) is 15.8. The minimum absolute atomic E-state index is 0.000764. The first-order chi connectivity index (χ1) is 8.56. The van der Waals surface area contributed by atoms with Crippen molar-refractivity contribution in [3.63, 3.8) is 0 Å². The van der Waals surface area contributed by atoms with Gasteiger partial charge in [-0.05, 0) is 18.6 Å². The summed E-state index contributed by atoms with van der Waals surface area (Å²) in [5.41, 5.74) is -0.210. The van der Waals surface area contributed by atoms with Crippen molar-refractivity contribution in [2.24, 2.45) is 5.14 Å². The van der Waals surface area contributed by atoms with Crippen LogP contribution in [0.15, 0.2) is 18.2 Å². The summed E-state index contributed by atoms with van der Waals surface area (Å²) in [6.45, 7) is 1.24. The number of sulfonamides is 1. The second kappa shape index (κ2) is 5.38. The van der Waals surface area contributed by atoms with E-state index in [4.69, 9.17) is 9.88 Å². The number of ether oxygens (including phenoxy) is 1. The van der Waals surface area contributed by atoms with Crippen LogP contribution in [0.5, 0.6) is 5.75 Å².